The molecule has 3 N–H and O–H groups in total. The zero-order valence-corrected chi connectivity index (χ0v) is 17.4. The van der Waals surface area contributed by atoms with Crippen molar-refractivity contribution in [2.24, 2.45) is 0 Å². The highest BCUT2D eigenvalue weighted by molar-refractivity contribution is 5.91. The predicted molar refractivity (Wildman–Crippen MR) is 117 cm³/mol. The van der Waals surface area contributed by atoms with E-state index in [0.29, 0.717) is 18.9 Å². The fourth-order valence-electron chi connectivity index (χ4n) is 4.76. The van der Waals surface area contributed by atoms with Crippen molar-refractivity contribution in [3.8, 4) is 11.4 Å². The van der Waals surface area contributed by atoms with Crippen molar-refractivity contribution in [3.63, 3.8) is 0 Å². The third kappa shape index (κ3) is 2.98. The van der Waals surface area contributed by atoms with Crippen molar-refractivity contribution in [2.75, 3.05) is 18.8 Å². The molecule has 162 valence electrons. The van der Waals surface area contributed by atoms with Gasteiger partial charge < -0.3 is 15.6 Å². The van der Waals surface area contributed by atoms with Crippen molar-refractivity contribution in [1.82, 2.24) is 34.6 Å². The third-order valence-electron chi connectivity index (χ3n) is 6.39. The average Bonchev–Trinajstić information content (AvgIpc) is 3.57. The molecule has 2 aliphatic rings. The summed E-state index contributed by atoms with van der Waals surface area (Å²) in [4.78, 5) is 27.2. The molecular weight excluding hydrogens is 408 g/mol. The highest BCUT2D eigenvalue weighted by Gasteiger charge is 2.30. The van der Waals surface area contributed by atoms with Gasteiger partial charge in [0.05, 0.1) is 5.69 Å². The van der Waals surface area contributed by atoms with Crippen LogP contribution in [0.3, 0.4) is 0 Å². The molecule has 0 atom stereocenters. The zero-order valence-electron chi connectivity index (χ0n) is 17.4. The summed E-state index contributed by atoms with van der Waals surface area (Å²) < 4.78 is 6.62. The molecule has 0 aromatic carbocycles. The number of carbonyl (C=O) groups is 1. The Labute approximate surface area is 183 Å². The number of piperidine rings is 1. The number of aryl methyl sites for hydroxylation is 1. The SMILES string of the molecule is Nc1nccn2c(C3CCN(C(=O)c4cnon4)CC3)nc(-c3cc4c([nH]3)C=CCC4)c12. The van der Waals surface area contributed by atoms with Gasteiger partial charge in [0.2, 0.25) is 0 Å². The predicted octanol–water partition coefficient (Wildman–Crippen LogP) is 2.67. The molecule has 1 amide bonds. The lowest BCUT2D eigenvalue weighted by Gasteiger charge is -2.30. The lowest BCUT2D eigenvalue weighted by Crippen LogP contribution is -2.38. The molecular formula is C22H22N8O2. The van der Waals surface area contributed by atoms with Crippen molar-refractivity contribution in [2.45, 2.75) is 31.6 Å². The number of allylic oxidation sites excluding steroid dienone is 1. The molecule has 1 saturated heterocycles. The number of nitrogens with one attached hydrogen (secondary N) is 1. The highest BCUT2D eigenvalue weighted by Crippen LogP contribution is 2.35. The summed E-state index contributed by atoms with van der Waals surface area (Å²) in [6, 6.07) is 2.17. The Morgan fingerprint density at radius 2 is 2.16 bits per heavy atom. The van der Waals surface area contributed by atoms with E-state index in [9.17, 15) is 4.79 Å². The minimum Gasteiger partial charge on any atom is -0.382 e. The smallest absolute Gasteiger partial charge is 0.277 e. The first-order valence-electron chi connectivity index (χ1n) is 10.8. The molecule has 4 aromatic rings. The van der Waals surface area contributed by atoms with Gasteiger partial charge in [-0.2, -0.15) is 0 Å². The number of aromatic amines is 1. The molecule has 1 fully saturated rings. The Morgan fingerprint density at radius 3 is 2.94 bits per heavy atom. The molecule has 10 nitrogen and oxygen atoms in total. The van der Waals surface area contributed by atoms with E-state index in [2.05, 4.69) is 47.5 Å². The van der Waals surface area contributed by atoms with Gasteiger partial charge in [-0.15, -0.1) is 0 Å². The summed E-state index contributed by atoms with van der Waals surface area (Å²) in [7, 11) is 0. The Kier molecular flexibility index (Phi) is 4.30. The molecule has 1 aliphatic carbocycles. The number of rotatable bonds is 3. The van der Waals surface area contributed by atoms with Gasteiger partial charge >= 0.3 is 0 Å². The van der Waals surface area contributed by atoms with Crippen LogP contribution in [0.15, 0.2) is 35.4 Å². The number of fused-ring (bicyclic) bond motifs is 2. The zero-order chi connectivity index (χ0) is 21.7. The molecule has 0 spiro atoms. The van der Waals surface area contributed by atoms with Crippen LogP contribution in [-0.2, 0) is 6.42 Å². The Bertz CT molecular complexity index is 1330. The van der Waals surface area contributed by atoms with E-state index in [1.54, 1.807) is 11.1 Å². The minimum atomic E-state index is -0.156. The van der Waals surface area contributed by atoms with Crippen molar-refractivity contribution >= 4 is 23.3 Å². The van der Waals surface area contributed by atoms with E-state index in [0.717, 1.165) is 54.1 Å². The lowest BCUT2D eigenvalue weighted by molar-refractivity contribution is 0.0699. The number of carbonyl (C=O) groups excluding carboxylic acids is 1. The fraction of sp³-hybridized carbons (Fsp3) is 0.318. The molecule has 32 heavy (non-hydrogen) atoms. The molecule has 0 radical (unpaired) electrons. The summed E-state index contributed by atoms with van der Waals surface area (Å²) in [5.74, 6) is 1.44. The Morgan fingerprint density at radius 1 is 1.28 bits per heavy atom. The monoisotopic (exact) mass is 430 g/mol. The molecule has 10 heteroatoms. The number of amides is 1. The van der Waals surface area contributed by atoms with E-state index in [-0.39, 0.29) is 17.5 Å². The minimum absolute atomic E-state index is 0.156. The van der Waals surface area contributed by atoms with Crippen LogP contribution < -0.4 is 5.73 Å². The first kappa shape index (κ1) is 18.8. The molecule has 0 bridgehead atoms. The molecule has 0 unspecified atom stereocenters. The van der Waals surface area contributed by atoms with Crippen molar-refractivity contribution in [3.05, 3.63) is 53.5 Å². The van der Waals surface area contributed by atoms with Crippen LogP contribution in [0.25, 0.3) is 23.0 Å². The maximum Gasteiger partial charge on any atom is 0.277 e. The summed E-state index contributed by atoms with van der Waals surface area (Å²) in [6.07, 6.45) is 12.9. The van der Waals surface area contributed by atoms with Gasteiger partial charge in [-0.3, -0.25) is 9.20 Å². The molecule has 5 heterocycles. The van der Waals surface area contributed by atoms with E-state index in [1.165, 1.54) is 11.8 Å². The number of hydrogen-bond acceptors (Lipinski definition) is 7. The fourth-order valence-corrected chi connectivity index (χ4v) is 4.76. The van der Waals surface area contributed by atoms with Crippen LogP contribution in [0.2, 0.25) is 0 Å². The summed E-state index contributed by atoms with van der Waals surface area (Å²) in [5.41, 5.74) is 11.6. The number of hydrogen-bond donors (Lipinski definition) is 2. The van der Waals surface area contributed by atoms with Gasteiger partial charge in [0.1, 0.15) is 29.0 Å². The first-order valence-corrected chi connectivity index (χ1v) is 10.8. The van der Waals surface area contributed by atoms with Crippen LogP contribution in [-0.4, -0.2) is 53.6 Å². The van der Waals surface area contributed by atoms with Crippen LogP contribution in [0.4, 0.5) is 5.82 Å². The maximum atomic E-state index is 12.6. The first-order chi connectivity index (χ1) is 15.7. The third-order valence-corrected chi connectivity index (χ3v) is 6.39. The molecule has 6 rings (SSSR count). The van der Waals surface area contributed by atoms with Gasteiger partial charge in [-0.05, 0) is 48.5 Å². The number of H-pyrrole nitrogens is 1. The molecule has 4 aromatic heterocycles. The number of imidazole rings is 1. The standard InChI is InChI=1S/C22H22N8O2/c23-20-19-18(16-11-14-3-1-2-4-15(14)26-16)27-21(30(19)10-7-24-20)13-5-8-29(9-6-13)22(31)17-12-25-32-28-17/h2,4,7,10-13,26H,1,3,5-6,8-9H2,(H2,23,24). The van der Waals surface area contributed by atoms with Gasteiger partial charge in [-0.25, -0.2) is 14.6 Å². The quantitative estimate of drug-likeness (QED) is 0.511. The normalized spacial score (nSPS) is 16.6. The largest absolute Gasteiger partial charge is 0.382 e. The Hall–Kier alpha value is -3.95. The average molecular weight is 430 g/mol. The lowest BCUT2D eigenvalue weighted by atomic mass is 9.96. The highest BCUT2D eigenvalue weighted by atomic mass is 16.6. The Balaban J connectivity index is 1.33. The van der Waals surface area contributed by atoms with Crippen molar-refractivity contribution < 1.29 is 9.42 Å². The molecule has 1 aliphatic heterocycles. The van der Waals surface area contributed by atoms with Gasteiger partial charge in [-0.1, -0.05) is 11.2 Å². The van der Waals surface area contributed by atoms with Crippen molar-refractivity contribution in [1.29, 1.82) is 0 Å². The van der Waals surface area contributed by atoms with Gasteiger partial charge in [0.25, 0.3) is 5.91 Å². The van der Waals surface area contributed by atoms with Crippen LogP contribution in [0.5, 0.6) is 0 Å². The number of nitrogen functional groups attached to an aromatic ring is 1. The van der Waals surface area contributed by atoms with E-state index >= 15 is 0 Å². The topological polar surface area (TPSA) is 131 Å². The van der Waals surface area contributed by atoms with Gasteiger partial charge in [0.15, 0.2) is 5.69 Å². The number of nitrogens with zero attached hydrogens (tertiary/aromatic N) is 6. The second-order valence-corrected chi connectivity index (χ2v) is 8.27. The number of nitrogens with two attached hydrogens (primary N) is 1. The second-order valence-electron chi connectivity index (χ2n) is 8.27. The summed E-state index contributed by atoms with van der Waals surface area (Å²) in [5, 5.41) is 7.19. The summed E-state index contributed by atoms with van der Waals surface area (Å²) >= 11 is 0. The number of anilines is 1. The maximum absolute atomic E-state index is 12.6. The van der Waals surface area contributed by atoms with Crippen LogP contribution in [0.1, 0.15) is 52.8 Å². The van der Waals surface area contributed by atoms with E-state index in [1.807, 2.05) is 6.20 Å². The van der Waals surface area contributed by atoms with E-state index in [4.69, 9.17) is 10.7 Å². The second kappa shape index (κ2) is 7.33. The van der Waals surface area contributed by atoms with Gasteiger partial charge in [0, 0.05) is 37.1 Å². The number of likely N-dealkylation sites (tertiary alicyclic amines) is 1. The van der Waals surface area contributed by atoms with E-state index < -0.39 is 0 Å². The number of aromatic nitrogens is 6. The summed E-state index contributed by atoms with van der Waals surface area (Å²) in [6.45, 7) is 1.23. The molecule has 0 saturated carbocycles. The van der Waals surface area contributed by atoms with Crippen LogP contribution in [0, 0.1) is 0 Å². The van der Waals surface area contributed by atoms with Crippen LogP contribution >= 0.6 is 0 Å².